The normalized spacial score (nSPS) is 17.6. The molecular formula is C30H41N5O. The van der Waals surface area contributed by atoms with Crippen LogP contribution in [0.15, 0.2) is 42.5 Å². The molecule has 0 radical (unpaired) electrons. The molecule has 192 valence electrons. The van der Waals surface area contributed by atoms with Crippen LogP contribution in [-0.4, -0.2) is 59.6 Å². The molecule has 1 amide bonds. The van der Waals surface area contributed by atoms with Gasteiger partial charge in [-0.1, -0.05) is 42.3 Å². The van der Waals surface area contributed by atoms with E-state index in [0.29, 0.717) is 0 Å². The van der Waals surface area contributed by atoms with E-state index in [1.165, 1.54) is 54.6 Å². The van der Waals surface area contributed by atoms with Gasteiger partial charge in [-0.2, -0.15) is 0 Å². The van der Waals surface area contributed by atoms with E-state index >= 15 is 0 Å². The number of piperidine rings is 2. The number of anilines is 1. The summed E-state index contributed by atoms with van der Waals surface area (Å²) in [5.74, 6) is 1.36. The molecule has 2 aromatic carbocycles. The Morgan fingerprint density at radius 1 is 1.00 bits per heavy atom. The fraction of sp³-hybridized carbons (Fsp3) is 0.533. The molecule has 2 saturated heterocycles. The first kappa shape index (κ1) is 24.8. The highest BCUT2D eigenvalue weighted by molar-refractivity contribution is 5.80. The van der Waals surface area contributed by atoms with Crippen molar-refractivity contribution in [1.29, 1.82) is 0 Å². The first-order valence-electron chi connectivity index (χ1n) is 13.8. The Morgan fingerprint density at radius 3 is 2.58 bits per heavy atom. The minimum absolute atomic E-state index is 0.105. The summed E-state index contributed by atoms with van der Waals surface area (Å²) < 4.78 is 2.36. The number of fused-ring (bicyclic) bond motifs is 1. The van der Waals surface area contributed by atoms with Crippen molar-refractivity contribution in [2.75, 3.05) is 44.2 Å². The Kier molecular flexibility index (Phi) is 7.90. The van der Waals surface area contributed by atoms with Crippen LogP contribution in [0.1, 0.15) is 55.2 Å². The van der Waals surface area contributed by atoms with Crippen molar-refractivity contribution in [3.8, 4) is 0 Å². The lowest BCUT2D eigenvalue weighted by Gasteiger charge is -2.32. The van der Waals surface area contributed by atoms with E-state index < -0.39 is 0 Å². The number of amides is 1. The van der Waals surface area contributed by atoms with Crippen molar-refractivity contribution in [2.45, 2.75) is 58.9 Å². The number of benzene rings is 2. The average Bonchev–Trinajstić information content (AvgIpc) is 3.27. The molecule has 3 aromatic rings. The number of aromatic nitrogens is 2. The number of carbonyl (C=O) groups is 1. The van der Waals surface area contributed by atoms with Crippen molar-refractivity contribution in [2.24, 2.45) is 5.92 Å². The topological polar surface area (TPSA) is 53.4 Å². The lowest BCUT2D eigenvalue weighted by Crippen LogP contribution is -2.42. The summed E-state index contributed by atoms with van der Waals surface area (Å²) in [5.41, 5.74) is 6.12. The number of hydrogen-bond acceptors (Lipinski definition) is 4. The van der Waals surface area contributed by atoms with E-state index in [2.05, 4.69) is 76.0 Å². The fourth-order valence-corrected chi connectivity index (χ4v) is 5.78. The SMILES string of the molecule is Cc1ccc(C)c(Cn2c(N3CCC(C(=O)NCCCN4CCCCC4)CC3)nc3ccccc32)c1. The van der Waals surface area contributed by atoms with Gasteiger partial charge in [0.25, 0.3) is 0 Å². The van der Waals surface area contributed by atoms with Crippen molar-refractivity contribution >= 4 is 22.9 Å². The predicted molar refractivity (Wildman–Crippen MR) is 148 cm³/mol. The second kappa shape index (κ2) is 11.5. The molecule has 0 saturated carbocycles. The third-order valence-electron chi connectivity index (χ3n) is 8.02. The first-order chi connectivity index (χ1) is 17.6. The van der Waals surface area contributed by atoms with E-state index in [1.54, 1.807) is 0 Å². The highest BCUT2D eigenvalue weighted by Gasteiger charge is 2.27. The van der Waals surface area contributed by atoms with Gasteiger partial charge in [-0.25, -0.2) is 4.98 Å². The largest absolute Gasteiger partial charge is 0.356 e. The smallest absolute Gasteiger partial charge is 0.223 e. The summed E-state index contributed by atoms with van der Waals surface area (Å²) in [5, 5.41) is 3.22. The maximum absolute atomic E-state index is 12.8. The van der Waals surface area contributed by atoms with Crippen molar-refractivity contribution in [3.05, 3.63) is 59.2 Å². The van der Waals surface area contributed by atoms with Crippen molar-refractivity contribution in [3.63, 3.8) is 0 Å². The summed E-state index contributed by atoms with van der Waals surface area (Å²) in [6.45, 7) is 11.2. The van der Waals surface area contributed by atoms with Crippen LogP contribution in [0.2, 0.25) is 0 Å². The summed E-state index contributed by atoms with van der Waals surface area (Å²) in [7, 11) is 0. The van der Waals surface area contributed by atoms with Gasteiger partial charge in [0, 0.05) is 25.6 Å². The number of carbonyl (C=O) groups excluding carboxylic acids is 1. The second-order valence-electron chi connectivity index (χ2n) is 10.7. The first-order valence-corrected chi connectivity index (χ1v) is 13.8. The van der Waals surface area contributed by atoms with E-state index in [0.717, 1.165) is 63.5 Å². The molecule has 6 heteroatoms. The van der Waals surface area contributed by atoms with E-state index in [9.17, 15) is 4.79 Å². The van der Waals surface area contributed by atoms with Crippen molar-refractivity contribution in [1.82, 2.24) is 19.8 Å². The molecule has 6 nitrogen and oxygen atoms in total. The van der Waals surface area contributed by atoms with Gasteiger partial charge in [-0.3, -0.25) is 4.79 Å². The molecule has 36 heavy (non-hydrogen) atoms. The second-order valence-corrected chi connectivity index (χ2v) is 10.7. The summed E-state index contributed by atoms with van der Waals surface area (Å²) in [4.78, 5) is 22.8. The van der Waals surface area contributed by atoms with Crippen LogP contribution in [0, 0.1) is 19.8 Å². The molecule has 0 spiro atoms. The van der Waals surface area contributed by atoms with Crippen LogP contribution in [0.5, 0.6) is 0 Å². The Morgan fingerprint density at radius 2 is 1.78 bits per heavy atom. The van der Waals surface area contributed by atoms with E-state index in [4.69, 9.17) is 4.98 Å². The molecule has 2 aliphatic rings. The minimum Gasteiger partial charge on any atom is -0.356 e. The fourth-order valence-electron chi connectivity index (χ4n) is 5.78. The monoisotopic (exact) mass is 487 g/mol. The van der Waals surface area contributed by atoms with Crippen LogP contribution in [0.4, 0.5) is 5.95 Å². The zero-order valence-corrected chi connectivity index (χ0v) is 22.0. The molecule has 1 aromatic heterocycles. The predicted octanol–water partition coefficient (Wildman–Crippen LogP) is 4.91. The van der Waals surface area contributed by atoms with E-state index in [1.807, 2.05) is 0 Å². The van der Waals surface area contributed by atoms with Gasteiger partial charge in [0.1, 0.15) is 0 Å². The molecule has 3 heterocycles. The minimum atomic E-state index is 0.105. The molecule has 0 aliphatic carbocycles. The maximum Gasteiger partial charge on any atom is 0.223 e. The quantitative estimate of drug-likeness (QED) is 0.459. The number of likely N-dealkylation sites (tertiary alicyclic amines) is 1. The Hall–Kier alpha value is -2.86. The number of imidazole rings is 1. The van der Waals surface area contributed by atoms with Gasteiger partial charge in [0.2, 0.25) is 11.9 Å². The summed E-state index contributed by atoms with van der Waals surface area (Å²) in [6.07, 6.45) is 6.82. The third kappa shape index (κ3) is 5.75. The van der Waals surface area contributed by atoms with Gasteiger partial charge in [-0.05, 0) is 88.8 Å². The van der Waals surface area contributed by atoms with Gasteiger partial charge in [0.15, 0.2) is 0 Å². The zero-order chi connectivity index (χ0) is 24.9. The molecule has 5 rings (SSSR count). The summed E-state index contributed by atoms with van der Waals surface area (Å²) in [6, 6.07) is 15.1. The van der Waals surface area contributed by atoms with Crippen molar-refractivity contribution < 1.29 is 4.79 Å². The number of para-hydroxylation sites is 2. The van der Waals surface area contributed by atoms with Gasteiger partial charge in [-0.15, -0.1) is 0 Å². The van der Waals surface area contributed by atoms with Crippen LogP contribution >= 0.6 is 0 Å². The average molecular weight is 488 g/mol. The molecular weight excluding hydrogens is 446 g/mol. The number of nitrogens with zero attached hydrogens (tertiary/aromatic N) is 4. The van der Waals surface area contributed by atoms with E-state index in [-0.39, 0.29) is 11.8 Å². The van der Waals surface area contributed by atoms with Gasteiger partial charge in [0.05, 0.1) is 17.6 Å². The van der Waals surface area contributed by atoms with Gasteiger partial charge >= 0.3 is 0 Å². The standard InChI is InChI=1S/C30H41N5O/c1-23-11-12-24(2)26(21-23)22-35-28-10-5-4-9-27(28)32-30(35)34-19-13-25(14-20-34)29(36)31-15-8-18-33-16-6-3-7-17-33/h4-5,9-12,21,25H,3,6-8,13-20,22H2,1-2H3,(H,31,36). The Bertz CT molecular complexity index is 1170. The molecule has 0 atom stereocenters. The molecule has 2 aliphatic heterocycles. The number of aryl methyl sites for hydroxylation is 2. The maximum atomic E-state index is 12.8. The van der Waals surface area contributed by atoms with Gasteiger partial charge < -0.3 is 19.7 Å². The van der Waals surface area contributed by atoms with Crippen LogP contribution < -0.4 is 10.2 Å². The zero-order valence-electron chi connectivity index (χ0n) is 22.0. The van der Waals surface area contributed by atoms with Crippen LogP contribution in [0.25, 0.3) is 11.0 Å². The number of rotatable bonds is 8. The molecule has 0 bridgehead atoms. The number of hydrogen-bond donors (Lipinski definition) is 1. The van der Waals surface area contributed by atoms with Crippen LogP contribution in [-0.2, 0) is 11.3 Å². The van der Waals surface area contributed by atoms with Crippen LogP contribution in [0.3, 0.4) is 0 Å². The highest BCUT2D eigenvalue weighted by atomic mass is 16.1. The lowest BCUT2D eigenvalue weighted by atomic mass is 9.96. The Balaban J connectivity index is 1.20. The molecule has 1 N–H and O–H groups in total. The summed E-state index contributed by atoms with van der Waals surface area (Å²) >= 11 is 0. The third-order valence-corrected chi connectivity index (χ3v) is 8.02. The lowest BCUT2D eigenvalue weighted by molar-refractivity contribution is -0.125. The highest BCUT2D eigenvalue weighted by Crippen LogP contribution is 2.28. The molecule has 0 unspecified atom stereocenters. The Labute approximate surface area is 215 Å². The molecule has 2 fully saturated rings. The number of nitrogens with one attached hydrogen (secondary N) is 1.